The third-order valence-electron chi connectivity index (χ3n) is 0.913. The maximum absolute atomic E-state index is 5.19. The second-order valence-electron chi connectivity index (χ2n) is 1.48. The third-order valence-corrected chi connectivity index (χ3v) is 0.913. The molecule has 1 rings (SSSR count). The molecule has 0 saturated heterocycles. The minimum atomic E-state index is 0.938. The largest absolute Gasteiger partial charge is 0.0616 e. The van der Waals surface area contributed by atoms with E-state index >= 15 is 0 Å². The van der Waals surface area contributed by atoms with Crippen LogP contribution in [0.5, 0.6) is 0 Å². The second kappa shape index (κ2) is 2.31. The molecule has 0 nitrogen and oxygen atoms in total. The Labute approximate surface area is 49.5 Å². The van der Waals surface area contributed by atoms with Crippen LogP contribution >= 0.6 is 0 Å². The highest BCUT2D eigenvalue weighted by Gasteiger charge is 1.77. The van der Waals surface area contributed by atoms with Gasteiger partial charge in [0.25, 0.3) is 0 Å². The molecule has 38 valence electrons. The molecule has 0 heterocycles. The van der Waals surface area contributed by atoms with Crippen molar-refractivity contribution in [3.63, 3.8) is 0 Å². The van der Waals surface area contributed by atoms with Crippen molar-refractivity contribution in [2.45, 2.75) is 0 Å². The van der Waals surface area contributed by atoms with E-state index in [4.69, 9.17) is 6.58 Å². The standard InChI is InChI=1S/C8H6/c1-2-8-6-4-3-5-7-8/h1-6H. The van der Waals surface area contributed by atoms with Crippen molar-refractivity contribution in [1.82, 2.24) is 0 Å². The van der Waals surface area contributed by atoms with Crippen LogP contribution < -0.4 is 0 Å². The van der Waals surface area contributed by atoms with Gasteiger partial charge in [-0.2, -0.15) is 0 Å². The van der Waals surface area contributed by atoms with Gasteiger partial charge in [0.15, 0.2) is 0 Å². The first-order valence-corrected chi connectivity index (χ1v) is 2.45. The average Bonchev–Trinajstić information content (AvgIpc) is 1.90. The van der Waals surface area contributed by atoms with E-state index in [0.29, 0.717) is 0 Å². The molecule has 0 unspecified atom stereocenters. The highest BCUT2D eigenvalue weighted by Crippen LogP contribution is 1.96. The van der Waals surface area contributed by atoms with Gasteiger partial charge in [0.1, 0.15) is 0 Å². The minimum absolute atomic E-state index is 0.938. The maximum atomic E-state index is 5.19. The summed E-state index contributed by atoms with van der Waals surface area (Å²) in [6, 6.07) is 10.5. The molecule has 2 radical (unpaired) electrons. The van der Waals surface area contributed by atoms with Gasteiger partial charge in [-0.15, -0.1) is 0 Å². The summed E-state index contributed by atoms with van der Waals surface area (Å²) in [7, 11) is 0. The van der Waals surface area contributed by atoms with Crippen LogP contribution in [-0.4, -0.2) is 0 Å². The van der Waals surface area contributed by atoms with Crippen LogP contribution in [0.3, 0.4) is 0 Å². The Balaban J connectivity index is 2.99. The molecule has 8 heavy (non-hydrogen) atoms. The van der Waals surface area contributed by atoms with E-state index in [2.05, 4.69) is 6.07 Å². The summed E-state index contributed by atoms with van der Waals surface area (Å²) in [5, 5.41) is 0. The number of benzene rings is 1. The van der Waals surface area contributed by atoms with E-state index in [1.54, 1.807) is 0 Å². The van der Waals surface area contributed by atoms with Crippen LogP contribution in [-0.2, 0) is 0 Å². The zero-order chi connectivity index (χ0) is 5.82. The molecule has 0 atom stereocenters. The van der Waals surface area contributed by atoms with E-state index in [0.717, 1.165) is 5.56 Å². The normalized spacial score (nSPS) is 8.50. The summed E-state index contributed by atoms with van der Waals surface area (Å²) in [6.07, 6.45) is 1.53. The van der Waals surface area contributed by atoms with Crippen molar-refractivity contribution in [3.8, 4) is 0 Å². The lowest BCUT2D eigenvalue weighted by Gasteiger charge is -1.84. The molecule has 0 N–H and O–H groups in total. The Morgan fingerprint density at radius 2 is 2.38 bits per heavy atom. The Morgan fingerprint density at radius 3 is 2.75 bits per heavy atom. The first kappa shape index (κ1) is 5.10. The predicted octanol–water partition coefficient (Wildman–Crippen LogP) is 1.93. The first-order valence-electron chi connectivity index (χ1n) is 2.45. The van der Waals surface area contributed by atoms with E-state index in [-0.39, 0.29) is 0 Å². The third kappa shape index (κ3) is 0.969. The topological polar surface area (TPSA) is 0 Å². The molecule has 0 fully saturated rings. The van der Waals surface area contributed by atoms with Gasteiger partial charge in [0, 0.05) is 0 Å². The summed E-state index contributed by atoms with van der Waals surface area (Å²) in [5.41, 5.74) is 0.938. The number of hydrogen-bond donors (Lipinski definition) is 0. The van der Waals surface area contributed by atoms with E-state index in [1.807, 2.05) is 24.3 Å². The molecule has 0 spiro atoms. The molecular weight excluding hydrogens is 96.1 g/mol. The molecule has 0 aliphatic carbocycles. The molecule has 0 bridgehead atoms. The lowest BCUT2D eigenvalue weighted by atomic mass is 10.2. The Bertz CT molecular complexity index is 163. The van der Waals surface area contributed by atoms with Crippen LogP contribution in [0.4, 0.5) is 0 Å². The lowest BCUT2D eigenvalue weighted by Crippen LogP contribution is -1.65. The summed E-state index contributed by atoms with van der Waals surface area (Å²) in [6.45, 7) is 5.19. The predicted molar refractivity (Wildman–Crippen MR) is 34.0 cm³/mol. The van der Waals surface area contributed by atoms with Gasteiger partial charge in [-0.25, -0.2) is 0 Å². The van der Waals surface area contributed by atoms with Crippen LogP contribution in [0.15, 0.2) is 24.3 Å². The van der Waals surface area contributed by atoms with E-state index in [9.17, 15) is 0 Å². The first-order chi connectivity index (χ1) is 3.93. The minimum Gasteiger partial charge on any atom is -0.0616 e. The molecule has 1 aromatic rings. The van der Waals surface area contributed by atoms with Crippen molar-refractivity contribution in [3.05, 3.63) is 42.5 Å². The van der Waals surface area contributed by atoms with Crippen molar-refractivity contribution in [1.29, 1.82) is 0 Å². The molecule has 0 amide bonds. The van der Waals surface area contributed by atoms with Gasteiger partial charge in [0.2, 0.25) is 0 Å². The van der Waals surface area contributed by atoms with Crippen LogP contribution in [0.2, 0.25) is 0 Å². The fourth-order valence-corrected chi connectivity index (χ4v) is 0.511. The van der Waals surface area contributed by atoms with E-state index < -0.39 is 0 Å². The summed E-state index contributed by atoms with van der Waals surface area (Å²) < 4.78 is 0. The van der Waals surface area contributed by atoms with Gasteiger partial charge in [-0.05, 0) is 11.6 Å². The average molecular weight is 102 g/mol. The SMILES string of the molecule is [CH]=Cc1[c]cccc1. The van der Waals surface area contributed by atoms with Crippen LogP contribution in [0, 0.1) is 12.6 Å². The number of rotatable bonds is 1. The molecule has 0 heteroatoms. The molecule has 0 aliphatic rings. The number of hydrogen-bond acceptors (Lipinski definition) is 0. The molecule has 1 aromatic carbocycles. The van der Waals surface area contributed by atoms with Crippen molar-refractivity contribution in [2.75, 3.05) is 0 Å². The van der Waals surface area contributed by atoms with Gasteiger partial charge in [0.05, 0.1) is 0 Å². The second-order valence-corrected chi connectivity index (χ2v) is 1.48. The maximum Gasteiger partial charge on any atom is -0.0105 e. The Kier molecular flexibility index (Phi) is 1.48. The summed E-state index contributed by atoms with van der Waals surface area (Å²) in [4.78, 5) is 0. The Hall–Kier alpha value is -1.04. The molecule has 0 saturated carbocycles. The lowest BCUT2D eigenvalue weighted by molar-refractivity contribution is 1.65. The molecule has 0 aromatic heterocycles. The summed E-state index contributed by atoms with van der Waals surface area (Å²) in [5.74, 6) is 0. The van der Waals surface area contributed by atoms with Gasteiger partial charge >= 0.3 is 0 Å². The van der Waals surface area contributed by atoms with Crippen LogP contribution in [0.25, 0.3) is 6.08 Å². The molecule has 0 aliphatic heterocycles. The highest BCUT2D eigenvalue weighted by molar-refractivity contribution is 5.43. The van der Waals surface area contributed by atoms with Crippen LogP contribution in [0.1, 0.15) is 5.56 Å². The van der Waals surface area contributed by atoms with E-state index in [1.165, 1.54) is 6.08 Å². The van der Waals surface area contributed by atoms with Gasteiger partial charge in [-0.3, -0.25) is 0 Å². The summed E-state index contributed by atoms with van der Waals surface area (Å²) >= 11 is 0. The van der Waals surface area contributed by atoms with Gasteiger partial charge < -0.3 is 0 Å². The van der Waals surface area contributed by atoms with Gasteiger partial charge in [-0.1, -0.05) is 36.9 Å². The Morgan fingerprint density at radius 1 is 1.50 bits per heavy atom. The fourth-order valence-electron chi connectivity index (χ4n) is 0.511. The highest BCUT2D eigenvalue weighted by atomic mass is 13.8. The van der Waals surface area contributed by atoms with Crippen molar-refractivity contribution >= 4 is 6.08 Å². The molecular formula is C8H6. The monoisotopic (exact) mass is 102 g/mol. The van der Waals surface area contributed by atoms with Crippen molar-refractivity contribution in [2.24, 2.45) is 0 Å². The fraction of sp³-hybridized carbons (Fsp3) is 0. The zero-order valence-corrected chi connectivity index (χ0v) is 4.46. The quantitative estimate of drug-likeness (QED) is 0.508. The van der Waals surface area contributed by atoms with Crippen molar-refractivity contribution < 1.29 is 0 Å². The zero-order valence-electron chi connectivity index (χ0n) is 4.46. The smallest absolute Gasteiger partial charge is 0.0105 e.